The van der Waals surface area contributed by atoms with Crippen molar-refractivity contribution in [2.75, 3.05) is 0 Å². The fraction of sp³-hybridized carbons (Fsp3) is 0.455. The van der Waals surface area contributed by atoms with Crippen molar-refractivity contribution in [2.24, 2.45) is 11.8 Å². The fourth-order valence-electron chi connectivity index (χ4n) is 3.27. The van der Waals surface area contributed by atoms with E-state index in [1.807, 2.05) is 18.2 Å². The summed E-state index contributed by atoms with van der Waals surface area (Å²) in [5.74, 6) is 1.37. The minimum atomic E-state index is 0.119. The van der Waals surface area contributed by atoms with Crippen LogP contribution in [0.2, 0.25) is 0 Å². The van der Waals surface area contributed by atoms with E-state index in [4.69, 9.17) is 0 Å². The van der Waals surface area contributed by atoms with Crippen LogP contribution in [0.3, 0.4) is 0 Å². The molecular weight excluding hydrogens is 308 g/mol. The van der Waals surface area contributed by atoms with Gasteiger partial charge in [0.15, 0.2) is 0 Å². The highest BCUT2D eigenvalue weighted by molar-refractivity contribution is 5.76. The molecular formula is C22H28N2O. The predicted molar refractivity (Wildman–Crippen MR) is 101 cm³/mol. The summed E-state index contributed by atoms with van der Waals surface area (Å²) in [7, 11) is 0. The first-order valence-electron chi connectivity index (χ1n) is 9.40. The molecule has 3 nitrogen and oxygen atoms in total. The number of hydrogen-bond acceptors (Lipinski definition) is 2. The molecule has 0 radical (unpaired) electrons. The van der Waals surface area contributed by atoms with Gasteiger partial charge >= 0.3 is 0 Å². The van der Waals surface area contributed by atoms with Gasteiger partial charge in [0.05, 0.1) is 6.04 Å². The van der Waals surface area contributed by atoms with E-state index in [0.717, 1.165) is 12.1 Å². The van der Waals surface area contributed by atoms with Crippen molar-refractivity contribution in [3.05, 3.63) is 65.5 Å². The first kappa shape index (κ1) is 17.7. The van der Waals surface area contributed by atoms with E-state index in [-0.39, 0.29) is 11.9 Å². The van der Waals surface area contributed by atoms with Crippen molar-refractivity contribution < 1.29 is 4.79 Å². The second-order valence-electron chi connectivity index (χ2n) is 7.54. The Morgan fingerprint density at radius 3 is 2.52 bits per heavy atom. The summed E-state index contributed by atoms with van der Waals surface area (Å²) in [6.07, 6.45) is 6.48. The van der Waals surface area contributed by atoms with E-state index in [9.17, 15) is 4.79 Å². The van der Waals surface area contributed by atoms with Crippen LogP contribution in [0, 0.1) is 11.8 Å². The first-order chi connectivity index (χ1) is 12.1. The Kier molecular flexibility index (Phi) is 5.85. The Bertz CT molecular complexity index is 675. The van der Waals surface area contributed by atoms with Gasteiger partial charge in [-0.3, -0.25) is 9.78 Å². The van der Waals surface area contributed by atoms with Gasteiger partial charge in [-0.25, -0.2) is 0 Å². The van der Waals surface area contributed by atoms with Crippen molar-refractivity contribution in [1.82, 2.24) is 10.3 Å². The van der Waals surface area contributed by atoms with Crippen molar-refractivity contribution in [3.8, 4) is 0 Å². The molecule has 1 amide bonds. The molecule has 3 heteroatoms. The number of amides is 1. The van der Waals surface area contributed by atoms with Gasteiger partial charge in [-0.15, -0.1) is 0 Å². The number of benzene rings is 1. The van der Waals surface area contributed by atoms with Crippen LogP contribution in [0.1, 0.15) is 56.0 Å². The van der Waals surface area contributed by atoms with Gasteiger partial charge in [-0.2, -0.15) is 0 Å². The van der Waals surface area contributed by atoms with E-state index < -0.39 is 0 Å². The standard InChI is InChI=1S/C22H28N2O/c1-16(2)15-17-6-8-18(9-7-17)22(19-10-11-19)24-21(25)13-12-20-5-3-4-14-23-20/h3-9,14,16,19,22H,10-13,15H2,1-2H3,(H,24,25). The summed E-state index contributed by atoms with van der Waals surface area (Å²) in [4.78, 5) is 16.7. The van der Waals surface area contributed by atoms with Crippen molar-refractivity contribution >= 4 is 5.91 Å². The number of nitrogens with one attached hydrogen (secondary N) is 1. The van der Waals surface area contributed by atoms with E-state index in [1.54, 1.807) is 6.20 Å². The Hall–Kier alpha value is -2.16. The molecule has 3 rings (SSSR count). The maximum absolute atomic E-state index is 12.4. The van der Waals surface area contributed by atoms with Gasteiger partial charge in [0, 0.05) is 18.3 Å². The third-order valence-corrected chi connectivity index (χ3v) is 4.73. The molecule has 0 saturated heterocycles. The van der Waals surface area contributed by atoms with E-state index >= 15 is 0 Å². The third kappa shape index (κ3) is 5.42. The summed E-state index contributed by atoms with van der Waals surface area (Å²) in [6, 6.07) is 14.8. The van der Waals surface area contributed by atoms with Crippen LogP contribution in [0.5, 0.6) is 0 Å². The monoisotopic (exact) mass is 336 g/mol. The molecule has 132 valence electrons. The predicted octanol–water partition coefficient (Wildman–Crippen LogP) is 4.48. The lowest BCUT2D eigenvalue weighted by atomic mass is 9.97. The minimum Gasteiger partial charge on any atom is -0.349 e. The van der Waals surface area contributed by atoms with Gasteiger partial charge in [0.25, 0.3) is 0 Å². The van der Waals surface area contributed by atoms with E-state index in [2.05, 4.69) is 48.4 Å². The lowest BCUT2D eigenvalue weighted by Gasteiger charge is -2.19. The molecule has 1 atom stereocenters. The largest absolute Gasteiger partial charge is 0.349 e. The van der Waals surface area contributed by atoms with Crippen LogP contribution in [-0.4, -0.2) is 10.9 Å². The molecule has 0 spiro atoms. The summed E-state index contributed by atoms with van der Waals surface area (Å²) >= 11 is 0. The molecule has 1 aliphatic rings. The van der Waals surface area contributed by atoms with Crippen LogP contribution in [0.25, 0.3) is 0 Å². The second kappa shape index (κ2) is 8.28. The van der Waals surface area contributed by atoms with Crippen molar-refractivity contribution in [1.29, 1.82) is 0 Å². The average Bonchev–Trinajstić information content (AvgIpc) is 3.44. The van der Waals surface area contributed by atoms with Crippen molar-refractivity contribution in [2.45, 2.75) is 52.0 Å². The second-order valence-corrected chi connectivity index (χ2v) is 7.54. The zero-order valence-electron chi connectivity index (χ0n) is 15.2. The van der Waals surface area contributed by atoms with Crippen molar-refractivity contribution in [3.63, 3.8) is 0 Å². The highest BCUT2D eigenvalue weighted by atomic mass is 16.1. The van der Waals surface area contributed by atoms with Crippen LogP contribution < -0.4 is 5.32 Å². The first-order valence-corrected chi connectivity index (χ1v) is 9.40. The molecule has 0 bridgehead atoms. The molecule has 1 N–H and O–H groups in total. The van der Waals surface area contributed by atoms with E-state index in [0.29, 0.717) is 24.7 Å². The van der Waals surface area contributed by atoms with Crippen LogP contribution in [-0.2, 0) is 17.6 Å². The number of carbonyl (C=O) groups excluding carboxylic acids is 1. The molecule has 25 heavy (non-hydrogen) atoms. The molecule has 1 aromatic carbocycles. The Labute approximate surface area is 150 Å². The van der Waals surface area contributed by atoms with Crippen LogP contribution >= 0.6 is 0 Å². The van der Waals surface area contributed by atoms with Crippen LogP contribution in [0.4, 0.5) is 0 Å². The molecule has 1 saturated carbocycles. The SMILES string of the molecule is CC(C)Cc1ccc(C(NC(=O)CCc2ccccn2)C2CC2)cc1. The smallest absolute Gasteiger partial charge is 0.220 e. The summed E-state index contributed by atoms with van der Waals surface area (Å²) < 4.78 is 0. The third-order valence-electron chi connectivity index (χ3n) is 4.73. The quantitative estimate of drug-likeness (QED) is 0.772. The van der Waals surface area contributed by atoms with Gasteiger partial charge in [-0.1, -0.05) is 44.2 Å². The zero-order valence-corrected chi connectivity index (χ0v) is 15.2. The summed E-state index contributed by atoms with van der Waals surface area (Å²) in [5, 5.41) is 3.26. The van der Waals surface area contributed by atoms with E-state index in [1.165, 1.54) is 24.0 Å². The number of nitrogens with zero attached hydrogens (tertiary/aromatic N) is 1. The topological polar surface area (TPSA) is 42.0 Å². The Balaban J connectivity index is 1.58. The number of carbonyl (C=O) groups is 1. The van der Waals surface area contributed by atoms with Crippen LogP contribution in [0.15, 0.2) is 48.7 Å². The molecule has 1 aromatic heterocycles. The average molecular weight is 336 g/mol. The normalized spacial score (nSPS) is 15.2. The number of pyridine rings is 1. The maximum Gasteiger partial charge on any atom is 0.220 e. The lowest BCUT2D eigenvalue weighted by molar-refractivity contribution is -0.122. The fourth-order valence-corrected chi connectivity index (χ4v) is 3.27. The highest BCUT2D eigenvalue weighted by Gasteiger charge is 2.33. The molecule has 1 heterocycles. The van der Waals surface area contributed by atoms with Gasteiger partial charge in [0.1, 0.15) is 0 Å². The molecule has 1 fully saturated rings. The Morgan fingerprint density at radius 2 is 1.92 bits per heavy atom. The number of rotatable bonds is 8. The zero-order chi connectivity index (χ0) is 17.6. The summed E-state index contributed by atoms with van der Waals surface area (Å²) in [6.45, 7) is 4.48. The number of aryl methyl sites for hydroxylation is 1. The number of hydrogen-bond donors (Lipinski definition) is 1. The minimum absolute atomic E-state index is 0.119. The molecule has 2 aromatic rings. The molecule has 0 aliphatic heterocycles. The maximum atomic E-state index is 12.4. The lowest BCUT2D eigenvalue weighted by Crippen LogP contribution is -2.30. The van der Waals surface area contributed by atoms with Gasteiger partial charge < -0.3 is 5.32 Å². The van der Waals surface area contributed by atoms with Gasteiger partial charge in [-0.05, 0) is 60.8 Å². The summed E-state index contributed by atoms with van der Waals surface area (Å²) in [5.41, 5.74) is 3.58. The molecule has 1 unspecified atom stereocenters. The Morgan fingerprint density at radius 1 is 1.16 bits per heavy atom. The number of aromatic nitrogens is 1. The highest BCUT2D eigenvalue weighted by Crippen LogP contribution is 2.41. The molecule has 1 aliphatic carbocycles. The van der Waals surface area contributed by atoms with Gasteiger partial charge in [0.2, 0.25) is 5.91 Å².